The molecule has 0 aromatic heterocycles. The van der Waals surface area contributed by atoms with Crippen molar-refractivity contribution in [2.75, 3.05) is 19.8 Å². The number of carbonyl (C=O) groups excluding carboxylic acids is 2. The van der Waals surface area contributed by atoms with Gasteiger partial charge < -0.3 is 18.0 Å². The lowest BCUT2D eigenvalue weighted by Crippen LogP contribution is -2.49. The van der Waals surface area contributed by atoms with E-state index in [0.717, 1.165) is 6.42 Å². The molecular formula is C15H28O6Si. The van der Waals surface area contributed by atoms with E-state index in [4.69, 9.17) is 18.0 Å². The van der Waals surface area contributed by atoms with Crippen molar-refractivity contribution in [3.05, 3.63) is 0 Å². The fourth-order valence-electron chi connectivity index (χ4n) is 2.70. The predicted octanol–water partition coefficient (Wildman–Crippen LogP) is 2.68. The SMILES string of the molecule is CCO[Si](OCC)(OCC)C(C)CCC1CCC(=O)OC1=O. The van der Waals surface area contributed by atoms with Crippen LogP contribution in [-0.4, -0.2) is 40.6 Å². The molecule has 0 amide bonds. The van der Waals surface area contributed by atoms with E-state index in [1.807, 2.05) is 27.7 Å². The molecule has 1 saturated heterocycles. The Morgan fingerprint density at radius 3 is 2.14 bits per heavy atom. The minimum atomic E-state index is -2.74. The van der Waals surface area contributed by atoms with Crippen LogP contribution in [0.25, 0.3) is 0 Å². The Labute approximate surface area is 133 Å². The normalized spacial score (nSPS) is 20.8. The van der Waals surface area contributed by atoms with Crippen molar-refractivity contribution >= 4 is 20.7 Å². The van der Waals surface area contributed by atoms with Gasteiger partial charge in [-0.2, -0.15) is 0 Å². The van der Waals surface area contributed by atoms with Gasteiger partial charge >= 0.3 is 20.7 Å². The van der Waals surface area contributed by atoms with E-state index in [1.54, 1.807) is 0 Å². The zero-order valence-electron chi connectivity index (χ0n) is 14.1. The monoisotopic (exact) mass is 332 g/mol. The van der Waals surface area contributed by atoms with E-state index in [0.29, 0.717) is 39.1 Å². The number of carbonyl (C=O) groups is 2. The van der Waals surface area contributed by atoms with Gasteiger partial charge in [0.15, 0.2) is 0 Å². The van der Waals surface area contributed by atoms with Crippen molar-refractivity contribution in [3.8, 4) is 0 Å². The minimum Gasteiger partial charge on any atom is -0.393 e. The van der Waals surface area contributed by atoms with E-state index in [-0.39, 0.29) is 11.5 Å². The van der Waals surface area contributed by atoms with E-state index in [9.17, 15) is 9.59 Å². The minimum absolute atomic E-state index is 0.0952. The van der Waals surface area contributed by atoms with Crippen LogP contribution in [0.3, 0.4) is 0 Å². The Hall–Kier alpha value is -0.763. The van der Waals surface area contributed by atoms with Crippen LogP contribution >= 0.6 is 0 Å². The molecule has 7 heteroatoms. The molecule has 1 aliphatic rings. The van der Waals surface area contributed by atoms with Gasteiger partial charge in [0.05, 0.1) is 5.92 Å². The molecule has 0 N–H and O–H groups in total. The van der Waals surface area contributed by atoms with Gasteiger partial charge in [0.2, 0.25) is 0 Å². The summed E-state index contributed by atoms with van der Waals surface area (Å²) in [4.78, 5) is 22.8. The topological polar surface area (TPSA) is 71.1 Å². The Bertz CT molecular complexity index is 356. The summed E-state index contributed by atoms with van der Waals surface area (Å²) in [5.41, 5.74) is 0.0952. The van der Waals surface area contributed by atoms with E-state index >= 15 is 0 Å². The van der Waals surface area contributed by atoms with Crippen molar-refractivity contribution < 1.29 is 27.6 Å². The molecule has 0 aromatic rings. The van der Waals surface area contributed by atoms with Crippen molar-refractivity contribution in [1.82, 2.24) is 0 Å². The van der Waals surface area contributed by atoms with Gasteiger partial charge in [0.25, 0.3) is 0 Å². The number of esters is 2. The van der Waals surface area contributed by atoms with Gasteiger partial charge in [0.1, 0.15) is 0 Å². The summed E-state index contributed by atoms with van der Waals surface area (Å²) in [7, 11) is -2.74. The second-order valence-corrected chi connectivity index (χ2v) is 8.47. The molecule has 0 aromatic carbocycles. The molecule has 128 valence electrons. The first-order valence-corrected chi connectivity index (χ1v) is 9.95. The van der Waals surface area contributed by atoms with Gasteiger partial charge in [-0.25, -0.2) is 0 Å². The maximum Gasteiger partial charge on any atom is 0.503 e. The summed E-state index contributed by atoms with van der Waals surface area (Å²) in [6.07, 6.45) is 2.29. The highest BCUT2D eigenvalue weighted by atomic mass is 28.4. The van der Waals surface area contributed by atoms with Gasteiger partial charge in [-0.05, 0) is 40.0 Å². The lowest BCUT2D eigenvalue weighted by atomic mass is 9.95. The molecular weight excluding hydrogens is 304 g/mol. The summed E-state index contributed by atoms with van der Waals surface area (Å²) in [6, 6.07) is 0. The predicted molar refractivity (Wildman–Crippen MR) is 83.1 cm³/mol. The van der Waals surface area contributed by atoms with Gasteiger partial charge in [-0.1, -0.05) is 6.92 Å². The molecule has 2 unspecified atom stereocenters. The molecule has 0 radical (unpaired) electrons. The second-order valence-electron chi connectivity index (χ2n) is 5.41. The molecule has 2 atom stereocenters. The number of rotatable bonds is 10. The number of hydrogen-bond donors (Lipinski definition) is 0. The van der Waals surface area contributed by atoms with Crippen LogP contribution in [0.5, 0.6) is 0 Å². The maximum absolute atomic E-state index is 11.7. The Morgan fingerprint density at radius 2 is 1.68 bits per heavy atom. The maximum atomic E-state index is 11.7. The van der Waals surface area contributed by atoms with Crippen LogP contribution in [0.15, 0.2) is 0 Å². The smallest absolute Gasteiger partial charge is 0.393 e. The molecule has 22 heavy (non-hydrogen) atoms. The van der Waals surface area contributed by atoms with Crippen LogP contribution < -0.4 is 0 Å². The van der Waals surface area contributed by atoms with Crippen LogP contribution in [0.1, 0.15) is 53.4 Å². The average molecular weight is 332 g/mol. The summed E-state index contributed by atoms with van der Waals surface area (Å²) < 4.78 is 22.3. The zero-order valence-corrected chi connectivity index (χ0v) is 15.1. The molecule has 1 aliphatic heterocycles. The Morgan fingerprint density at radius 1 is 1.14 bits per heavy atom. The Balaban J connectivity index is 2.63. The average Bonchev–Trinajstić information content (AvgIpc) is 2.46. The lowest BCUT2D eigenvalue weighted by Gasteiger charge is -2.34. The van der Waals surface area contributed by atoms with E-state index in [1.165, 1.54) is 0 Å². The van der Waals surface area contributed by atoms with Crippen molar-refractivity contribution in [2.45, 2.75) is 58.9 Å². The molecule has 0 spiro atoms. The molecule has 0 saturated carbocycles. The lowest BCUT2D eigenvalue weighted by molar-refractivity contribution is -0.167. The number of hydrogen-bond acceptors (Lipinski definition) is 6. The van der Waals surface area contributed by atoms with E-state index < -0.39 is 20.7 Å². The molecule has 1 fully saturated rings. The standard InChI is InChI=1S/C15H28O6Si/c1-5-18-22(19-6-2,20-7-3)12(4)8-9-13-10-11-14(16)21-15(13)17/h12-13H,5-11H2,1-4H3. The second kappa shape index (κ2) is 9.39. The third kappa shape index (κ3) is 5.15. The molecule has 0 bridgehead atoms. The van der Waals surface area contributed by atoms with Gasteiger partial charge in [-0.3, -0.25) is 9.59 Å². The summed E-state index contributed by atoms with van der Waals surface area (Å²) in [5.74, 6) is -1.03. The summed E-state index contributed by atoms with van der Waals surface area (Å²) in [5, 5.41) is 0. The summed E-state index contributed by atoms with van der Waals surface area (Å²) >= 11 is 0. The van der Waals surface area contributed by atoms with Crippen molar-refractivity contribution in [1.29, 1.82) is 0 Å². The highest BCUT2D eigenvalue weighted by Crippen LogP contribution is 2.33. The Kier molecular flexibility index (Phi) is 8.23. The largest absolute Gasteiger partial charge is 0.503 e. The highest BCUT2D eigenvalue weighted by molar-refractivity contribution is 6.62. The van der Waals surface area contributed by atoms with Crippen LogP contribution in [0.2, 0.25) is 5.54 Å². The first-order chi connectivity index (χ1) is 10.5. The molecule has 1 heterocycles. The molecule has 6 nitrogen and oxygen atoms in total. The van der Waals surface area contributed by atoms with Gasteiger partial charge in [0, 0.05) is 31.8 Å². The third-order valence-corrected chi connectivity index (χ3v) is 7.40. The van der Waals surface area contributed by atoms with Crippen molar-refractivity contribution in [2.24, 2.45) is 5.92 Å². The fourth-order valence-corrected chi connectivity index (χ4v) is 5.53. The van der Waals surface area contributed by atoms with Gasteiger partial charge in [-0.15, -0.1) is 0 Å². The number of cyclic esters (lactones) is 2. The van der Waals surface area contributed by atoms with Crippen LogP contribution in [0, 0.1) is 5.92 Å². The van der Waals surface area contributed by atoms with Crippen molar-refractivity contribution in [3.63, 3.8) is 0 Å². The fraction of sp³-hybridized carbons (Fsp3) is 0.867. The highest BCUT2D eigenvalue weighted by Gasteiger charge is 2.46. The van der Waals surface area contributed by atoms with Crippen LogP contribution in [0.4, 0.5) is 0 Å². The first-order valence-electron chi connectivity index (χ1n) is 8.15. The van der Waals surface area contributed by atoms with Crippen LogP contribution in [-0.2, 0) is 27.6 Å². The summed E-state index contributed by atoms with van der Waals surface area (Å²) in [6.45, 7) is 9.44. The first kappa shape index (κ1) is 19.3. The molecule has 1 rings (SSSR count). The third-order valence-electron chi connectivity index (χ3n) is 3.83. The quantitative estimate of drug-likeness (QED) is 0.348. The van der Waals surface area contributed by atoms with E-state index in [2.05, 4.69) is 0 Å². The molecule has 0 aliphatic carbocycles. The number of ether oxygens (including phenoxy) is 1. The zero-order chi connectivity index (χ0) is 16.6.